The molecule has 2 aromatic rings. The second kappa shape index (κ2) is 7.69. The molecule has 0 fully saturated rings. The van der Waals surface area contributed by atoms with Gasteiger partial charge in [0.05, 0.1) is 7.11 Å². The zero-order valence-electron chi connectivity index (χ0n) is 11.9. The van der Waals surface area contributed by atoms with Crippen molar-refractivity contribution in [3.63, 3.8) is 0 Å². The van der Waals surface area contributed by atoms with E-state index in [1.807, 2.05) is 31.3 Å². The van der Waals surface area contributed by atoms with Gasteiger partial charge in [-0.15, -0.1) is 11.8 Å². The summed E-state index contributed by atoms with van der Waals surface area (Å²) >= 11 is 7.64. The van der Waals surface area contributed by atoms with Crippen LogP contribution in [0.15, 0.2) is 47.4 Å². The van der Waals surface area contributed by atoms with Crippen LogP contribution in [0.3, 0.4) is 0 Å². The van der Waals surface area contributed by atoms with Crippen molar-refractivity contribution in [2.24, 2.45) is 0 Å². The molecule has 0 aliphatic rings. The van der Waals surface area contributed by atoms with E-state index < -0.39 is 0 Å². The van der Waals surface area contributed by atoms with E-state index in [9.17, 15) is 4.39 Å². The Labute approximate surface area is 133 Å². The largest absolute Gasteiger partial charge is 0.496 e. The number of halogens is 2. The summed E-state index contributed by atoms with van der Waals surface area (Å²) in [6.45, 7) is 0. The van der Waals surface area contributed by atoms with Gasteiger partial charge in [0.15, 0.2) is 0 Å². The van der Waals surface area contributed by atoms with Crippen LogP contribution in [0.2, 0.25) is 5.02 Å². The van der Waals surface area contributed by atoms with Crippen LogP contribution in [0.5, 0.6) is 5.75 Å². The van der Waals surface area contributed by atoms with E-state index in [-0.39, 0.29) is 11.9 Å². The zero-order chi connectivity index (χ0) is 15.2. The number of hydrogen-bond acceptors (Lipinski definition) is 3. The van der Waals surface area contributed by atoms with E-state index in [4.69, 9.17) is 16.3 Å². The van der Waals surface area contributed by atoms with E-state index in [0.717, 1.165) is 16.2 Å². The van der Waals surface area contributed by atoms with E-state index in [2.05, 4.69) is 5.32 Å². The van der Waals surface area contributed by atoms with Gasteiger partial charge < -0.3 is 10.1 Å². The molecule has 5 heteroatoms. The minimum Gasteiger partial charge on any atom is -0.496 e. The maximum absolute atomic E-state index is 13.5. The van der Waals surface area contributed by atoms with Crippen molar-refractivity contribution in [2.45, 2.75) is 10.9 Å². The summed E-state index contributed by atoms with van der Waals surface area (Å²) in [4.78, 5) is 1.08. The first-order valence-electron chi connectivity index (χ1n) is 6.53. The van der Waals surface area contributed by atoms with Crippen molar-refractivity contribution in [3.8, 4) is 5.75 Å². The van der Waals surface area contributed by atoms with Crippen molar-refractivity contribution in [3.05, 3.63) is 58.9 Å². The Morgan fingerprint density at radius 3 is 2.76 bits per heavy atom. The van der Waals surface area contributed by atoms with Gasteiger partial charge in [-0.2, -0.15) is 0 Å². The molecule has 0 aliphatic carbocycles. The normalized spacial score (nSPS) is 12.2. The van der Waals surface area contributed by atoms with Crippen molar-refractivity contribution >= 4 is 23.4 Å². The molecule has 1 atom stereocenters. The number of methoxy groups -OCH3 is 1. The molecule has 21 heavy (non-hydrogen) atoms. The lowest BCUT2D eigenvalue weighted by Gasteiger charge is -2.19. The third kappa shape index (κ3) is 4.37. The Bertz CT molecular complexity index is 609. The molecule has 112 valence electrons. The average molecular weight is 326 g/mol. The highest BCUT2D eigenvalue weighted by Crippen LogP contribution is 2.31. The minimum atomic E-state index is -0.265. The fraction of sp³-hybridized carbons (Fsp3) is 0.250. The maximum Gasteiger partial charge on any atom is 0.123 e. The number of thioether (sulfide) groups is 1. The number of hydrogen-bond donors (Lipinski definition) is 1. The molecule has 0 radical (unpaired) electrons. The molecule has 0 spiro atoms. The molecule has 2 rings (SSSR count). The first-order valence-corrected chi connectivity index (χ1v) is 7.89. The molecule has 0 heterocycles. The van der Waals surface area contributed by atoms with Gasteiger partial charge in [-0.05, 0) is 43.4 Å². The van der Waals surface area contributed by atoms with Gasteiger partial charge in [0, 0.05) is 27.3 Å². The van der Waals surface area contributed by atoms with Crippen molar-refractivity contribution in [1.82, 2.24) is 5.32 Å². The summed E-state index contributed by atoms with van der Waals surface area (Å²) in [6.07, 6.45) is 0. The third-order valence-corrected chi connectivity index (χ3v) is 4.45. The molecular formula is C16H17ClFNOS. The molecule has 0 aliphatic heterocycles. The van der Waals surface area contributed by atoms with E-state index in [1.165, 1.54) is 12.1 Å². The summed E-state index contributed by atoms with van der Waals surface area (Å²) in [5, 5.41) is 3.92. The highest BCUT2D eigenvalue weighted by Gasteiger charge is 2.16. The molecule has 2 aromatic carbocycles. The number of rotatable bonds is 6. The molecule has 1 N–H and O–H groups in total. The summed E-state index contributed by atoms with van der Waals surface area (Å²) in [5.74, 6) is 1.16. The standard InChI is InChI=1S/C16H17ClFNOS/c1-19-15(10-21-13-5-3-4-11(17)8-13)14-9-12(18)6-7-16(14)20-2/h3-9,15,19H,10H2,1-2H3. The molecule has 2 nitrogen and oxygen atoms in total. The Morgan fingerprint density at radius 1 is 1.29 bits per heavy atom. The van der Waals surface area contributed by atoms with Crippen LogP contribution in [-0.4, -0.2) is 19.9 Å². The monoisotopic (exact) mass is 325 g/mol. The van der Waals surface area contributed by atoms with Gasteiger partial charge in [-0.1, -0.05) is 17.7 Å². The van der Waals surface area contributed by atoms with Gasteiger partial charge in [0.2, 0.25) is 0 Å². The smallest absolute Gasteiger partial charge is 0.123 e. The van der Waals surface area contributed by atoms with Gasteiger partial charge >= 0.3 is 0 Å². The Kier molecular flexibility index (Phi) is 5.91. The Balaban J connectivity index is 2.15. The first-order chi connectivity index (χ1) is 10.1. The lowest BCUT2D eigenvalue weighted by molar-refractivity contribution is 0.402. The van der Waals surface area contributed by atoms with E-state index in [1.54, 1.807) is 24.9 Å². The van der Waals surface area contributed by atoms with Crippen LogP contribution >= 0.6 is 23.4 Å². The molecule has 0 bridgehead atoms. The lowest BCUT2D eigenvalue weighted by atomic mass is 10.1. The number of ether oxygens (including phenoxy) is 1. The molecule has 0 saturated carbocycles. The van der Waals surface area contributed by atoms with Crippen LogP contribution in [-0.2, 0) is 0 Å². The van der Waals surface area contributed by atoms with Crippen LogP contribution in [0.4, 0.5) is 4.39 Å². The van der Waals surface area contributed by atoms with Crippen molar-refractivity contribution in [2.75, 3.05) is 19.9 Å². The quantitative estimate of drug-likeness (QED) is 0.788. The predicted molar refractivity (Wildman–Crippen MR) is 86.9 cm³/mol. The van der Waals surface area contributed by atoms with E-state index in [0.29, 0.717) is 10.8 Å². The average Bonchev–Trinajstić information content (AvgIpc) is 2.48. The van der Waals surface area contributed by atoms with Crippen LogP contribution in [0.1, 0.15) is 11.6 Å². The summed E-state index contributed by atoms with van der Waals surface area (Å²) < 4.78 is 18.8. The van der Waals surface area contributed by atoms with Crippen LogP contribution < -0.4 is 10.1 Å². The van der Waals surface area contributed by atoms with Crippen LogP contribution in [0, 0.1) is 5.82 Å². The van der Waals surface area contributed by atoms with Crippen molar-refractivity contribution in [1.29, 1.82) is 0 Å². The topological polar surface area (TPSA) is 21.3 Å². The molecule has 0 aromatic heterocycles. The molecule has 0 amide bonds. The third-order valence-electron chi connectivity index (χ3n) is 3.13. The van der Waals surface area contributed by atoms with E-state index >= 15 is 0 Å². The molecule has 1 unspecified atom stereocenters. The highest BCUT2D eigenvalue weighted by atomic mass is 35.5. The fourth-order valence-electron chi connectivity index (χ4n) is 2.04. The Hall–Kier alpha value is -1.23. The minimum absolute atomic E-state index is 0.0142. The number of nitrogens with one attached hydrogen (secondary N) is 1. The van der Waals surface area contributed by atoms with Gasteiger partial charge in [-0.3, -0.25) is 0 Å². The summed E-state index contributed by atoms with van der Waals surface area (Å²) in [5.41, 5.74) is 0.814. The molecular weight excluding hydrogens is 309 g/mol. The first kappa shape index (κ1) is 16.1. The predicted octanol–water partition coefficient (Wildman–Crippen LogP) is 4.54. The second-order valence-electron chi connectivity index (χ2n) is 4.50. The van der Waals surface area contributed by atoms with Gasteiger partial charge in [0.25, 0.3) is 0 Å². The number of benzene rings is 2. The SMILES string of the molecule is CNC(CSc1cccc(Cl)c1)c1cc(F)ccc1OC. The zero-order valence-corrected chi connectivity index (χ0v) is 13.5. The highest BCUT2D eigenvalue weighted by molar-refractivity contribution is 7.99. The Morgan fingerprint density at radius 2 is 2.10 bits per heavy atom. The maximum atomic E-state index is 13.5. The summed E-state index contributed by atoms with van der Waals surface area (Å²) in [7, 11) is 3.45. The lowest BCUT2D eigenvalue weighted by Crippen LogP contribution is -2.19. The summed E-state index contributed by atoms with van der Waals surface area (Å²) in [6, 6.07) is 12.2. The van der Waals surface area contributed by atoms with Gasteiger partial charge in [0.1, 0.15) is 11.6 Å². The fourth-order valence-corrected chi connectivity index (χ4v) is 3.39. The van der Waals surface area contributed by atoms with Gasteiger partial charge in [-0.25, -0.2) is 4.39 Å². The van der Waals surface area contributed by atoms with Crippen LogP contribution in [0.25, 0.3) is 0 Å². The van der Waals surface area contributed by atoms with Crippen molar-refractivity contribution < 1.29 is 9.13 Å². The second-order valence-corrected chi connectivity index (χ2v) is 6.03. The molecule has 0 saturated heterocycles.